The van der Waals surface area contributed by atoms with Crippen LogP contribution in [-0.2, 0) is 4.74 Å². The molecule has 0 amide bonds. The average Bonchev–Trinajstić information content (AvgIpc) is 1.67. The van der Waals surface area contributed by atoms with E-state index in [2.05, 4.69) is 55.4 Å². The highest BCUT2D eigenvalue weighted by Crippen LogP contribution is 2.67. The first-order chi connectivity index (χ1) is 59.0. The van der Waals surface area contributed by atoms with Crippen LogP contribution in [0.3, 0.4) is 0 Å². The van der Waals surface area contributed by atoms with E-state index < -0.39 is 121 Å². The van der Waals surface area contributed by atoms with Gasteiger partial charge in [0.15, 0.2) is 0 Å². The molecule has 9 nitrogen and oxygen atoms in total. The molecule has 16 bridgehead atoms. The van der Waals surface area contributed by atoms with Crippen LogP contribution in [0.2, 0.25) is 0 Å². The number of hydrogen-bond donors (Lipinski definition) is 8. The van der Waals surface area contributed by atoms with Crippen LogP contribution in [-0.4, -0.2) is 146 Å². The highest BCUT2D eigenvalue weighted by atomic mass is 19.4. The summed E-state index contributed by atoms with van der Waals surface area (Å²) in [6.07, 6.45) is -31.9. The minimum absolute atomic E-state index is 0.113. The fraction of sp³-hybridized carbons (Fsp3) is 1.00. The molecule has 16 fully saturated rings. The lowest BCUT2D eigenvalue weighted by atomic mass is 9.72. The third-order valence-corrected chi connectivity index (χ3v) is 40.1. The molecule has 40 unspecified atom stereocenters. The summed E-state index contributed by atoms with van der Waals surface area (Å²) in [5, 5.41) is 72.5. The first kappa shape index (κ1) is 111. The Hall–Kier alpha value is -2.04. The SMILES string of the molecule is CC1C2CC(CC(O)(C(F)(F)F)C(F)(F)F)C(C2)C1C.CC1C2CC(CC(O)(C(F)(F)F)C(F)(F)F)C(C2)C1C.CC1C2CC(CC(O)(C(F)(F)F)C(F)(F)F)C(C2)C1C.CC1C2CC(CC(O)(C(F)(F)F)C(F)(F)F)C(C2)C1C.CC1C2CC(CCCO)C(C2)C1C.CC1C2CC(CCO)C(C2)C1C.CC1C2CC(CO)C(C2)C1C.CC1C2CC(COCO)C(C2)C1C. The Balaban J connectivity index is 0.000000168. The monoisotopic (exact) mass is 1910 g/mol. The molecule has 16 rings (SSSR count). The van der Waals surface area contributed by atoms with Crippen LogP contribution < -0.4 is 0 Å². The minimum Gasteiger partial charge on any atom is -0.396 e. The highest BCUT2D eigenvalue weighted by molar-refractivity contribution is 5.10. The van der Waals surface area contributed by atoms with Crippen LogP contribution >= 0.6 is 0 Å². The van der Waals surface area contributed by atoms with Crippen LogP contribution in [0.1, 0.15) is 258 Å². The first-order valence-corrected chi connectivity index (χ1v) is 48.4. The van der Waals surface area contributed by atoms with Crippen LogP contribution in [0.5, 0.6) is 0 Å². The summed E-state index contributed by atoms with van der Waals surface area (Å²) in [7, 11) is 0. The second kappa shape index (κ2) is 41.0. The average molecular weight is 1910 g/mol. The first-order valence-electron chi connectivity index (χ1n) is 48.4. The Morgan fingerprint density at radius 3 is 0.550 bits per heavy atom. The van der Waals surface area contributed by atoms with Crippen molar-refractivity contribution in [1.29, 1.82) is 0 Å². The van der Waals surface area contributed by atoms with Gasteiger partial charge < -0.3 is 45.6 Å². The van der Waals surface area contributed by atoms with E-state index in [1.54, 1.807) is 0 Å². The predicted molar refractivity (Wildman–Crippen MR) is 439 cm³/mol. The van der Waals surface area contributed by atoms with Crippen LogP contribution in [0, 0.1) is 237 Å². The summed E-state index contributed by atoms with van der Waals surface area (Å²) in [6.45, 7) is 36.5. The molecule has 758 valence electrons. The summed E-state index contributed by atoms with van der Waals surface area (Å²) in [4.78, 5) is 0. The van der Waals surface area contributed by atoms with E-state index in [-0.39, 0.29) is 77.8 Å². The van der Waals surface area contributed by atoms with Crippen molar-refractivity contribution in [1.82, 2.24) is 0 Å². The van der Waals surface area contributed by atoms with Crippen LogP contribution in [0.4, 0.5) is 105 Å². The van der Waals surface area contributed by atoms with Crippen LogP contribution in [0.15, 0.2) is 0 Å². The Morgan fingerprint density at radius 1 is 0.209 bits per heavy atom. The lowest BCUT2D eigenvalue weighted by Crippen LogP contribution is -2.58. The minimum atomic E-state index is -5.69. The van der Waals surface area contributed by atoms with E-state index in [0.717, 1.165) is 132 Å². The largest absolute Gasteiger partial charge is 0.426 e. The molecule has 16 saturated carbocycles. The molecular weight excluding hydrogens is 1750 g/mol. The Kier molecular flexibility index (Phi) is 35.2. The molecule has 40 atom stereocenters. The lowest BCUT2D eigenvalue weighted by Gasteiger charge is -2.39. The number of alkyl halides is 24. The van der Waals surface area contributed by atoms with Gasteiger partial charge in [-0.1, -0.05) is 111 Å². The van der Waals surface area contributed by atoms with E-state index in [9.17, 15) is 126 Å². The van der Waals surface area contributed by atoms with Gasteiger partial charge in [-0.2, -0.15) is 105 Å². The predicted octanol–water partition coefficient (Wildman–Crippen LogP) is 25.4. The topological polar surface area (TPSA) is 171 Å². The maximum absolute atomic E-state index is 12.7. The van der Waals surface area contributed by atoms with Crippen molar-refractivity contribution in [2.45, 2.75) is 330 Å². The third-order valence-electron chi connectivity index (χ3n) is 40.1. The van der Waals surface area contributed by atoms with Gasteiger partial charge in [-0.15, -0.1) is 0 Å². The van der Waals surface area contributed by atoms with Crippen molar-refractivity contribution >= 4 is 0 Å². The molecule has 0 spiro atoms. The van der Waals surface area contributed by atoms with Gasteiger partial charge in [0.2, 0.25) is 0 Å². The Labute approximate surface area is 748 Å². The number of aliphatic hydroxyl groups excluding tert-OH is 4. The van der Waals surface area contributed by atoms with Crippen molar-refractivity contribution < 1.29 is 151 Å². The Morgan fingerprint density at radius 2 is 0.380 bits per heavy atom. The summed E-state index contributed by atoms with van der Waals surface area (Å²) in [5.41, 5.74) is -18.3. The van der Waals surface area contributed by atoms with Gasteiger partial charge in [0.25, 0.3) is 22.4 Å². The van der Waals surface area contributed by atoms with Crippen molar-refractivity contribution in [3.63, 3.8) is 0 Å². The molecule has 8 N–H and O–H groups in total. The van der Waals surface area contributed by atoms with Crippen molar-refractivity contribution in [2.24, 2.45) is 237 Å². The smallest absolute Gasteiger partial charge is 0.396 e. The van der Waals surface area contributed by atoms with E-state index in [4.69, 9.17) is 25.2 Å². The van der Waals surface area contributed by atoms with E-state index in [0.29, 0.717) is 101 Å². The molecule has 0 aromatic rings. The van der Waals surface area contributed by atoms with Crippen molar-refractivity contribution in [3.8, 4) is 0 Å². The molecule has 0 aromatic carbocycles. The molecule has 0 aliphatic heterocycles. The van der Waals surface area contributed by atoms with Crippen molar-refractivity contribution in [3.05, 3.63) is 0 Å². The van der Waals surface area contributed by atoms with Gasteiger partial charge in [0.1, 0.15) is 6.79 Å². The normalized spacial score (nSPS) is 43.3. The quantitative estimate of drug-likeness (QED) is 0.0522. The number of rotatable bonds is 17. The molecule has 0 heterocycles. The summed E-state index contributed by atoms with van der Waals surface area (Å²) in [6, 6.07) is 0. The third kappa shape index (κ3) is 22.2. The number of aliphatic hydroxyl groups is 8. The number of hydrogen-bond acceptors (Lipinski definition) is 9. The van der Waals surface area contributed by atoms with Gasteiger partial charge in [-0.3, -0.25) is 0 Å². The molecule has 0 saturated heterocycles. The second-order valence-electron chi connectivity index (χ2n) is 45.3. The fourth-order valence-corrected chi connectivity index (χ4v) is 30.6. The fourth-order valence-electron chi connectivity index (χ4n) is 30.6. The zero-order valence-corrected chi connectivity index (χ0v) is 78.0. The maximum Gasteiger partial charge on any atom is 0.426 e. The van der Waals surface area contributed by atoms with Gasteiger partial charge in [0.05, 0.1) is 6.61 Å². The summed E-state index contributed by atoms with van der Waals surface area (Å²) < 4.78 is 310. The number of ether oxygens (including phenoxy) is 1. The maximum atomic E-state index is 12.7. The molecule has 0 radical (unpaired) electrons. The number of fused-ring (bicyclic) bond motifs is 16. The molecule has 129 heavy (non-hydrogen) atoms. The summed E-state index contributed by atoms with van der Waals surface area (Å²) >= 11 is 0. The summed E-state index contributed by atoms with van der Waals surface area (Å²) in [5.74, 6) is 17.2. The van der Waals surface area contributed by atoms with Gasteiger partial charge >= 0.3 is 49.4 Å². The second-order valence-corrected chi connectivity index (χ2v) is 45.3. The van der Waals surface area contributed by atoms with Crippen LogP contribution in [0.25, 0.3) is 0 Å². The number of halogens is 24. The molecule has 16 aliphatic rings. The van der Waals surface area contributed by atoms with Gasteiger partial charge in [-0.25, -0.2) is 0 Å². The van der Waals surface area contributed by atoms with E-state index in [1.165, 1.54) is 57.8 Å². The Bertz CT molecular complexity index is 3090. The zero-order chi connectivity index (χ0) is 97.6. The molecule has 33 heteroatoms. The van der Waals surface area contributed by atoms with E-state index in [1.807, 2.05) is 55.4 Å². The van der Waals surface area contributed by atoms with Gasteiger partial charge in [0, 0.05) is 19.8 Å². The van der Waals surface area contributed by atoms with Gasteiger partial charge in [-0.05, 0) is 384 Å². The zero-order valence-electron chi connectivity index (χ0n) is 78.0. The standard InChI is InChI=1S/4C13H18F6O.C12H22O.C11H20O2.C11H20O.C10H18O/c4*1-6-7(2)10-4-8(6)3-9(10)5-11(20,12(14,15)16)13(17,18)19;1-8-9(2)12-7-11(8)6-10(12)4-3-5-13;1-7-8(2)11-4-9(7)3-10(11)5-13-6-12;1-7-8(2)11-6-10(7)5-9(11)3-4-12;1-6-7(2)10-4-8(6)3-9(10)5-11/h4*6-10,20H,3-5H2,1-2H3;8-13H,3-7H2,1-2H3;7-12H,3-6H2,1-2H3;7-12H,3-6H2,1-2H3;6-11H,3-5H2,1-2H3. The molecule has 0 aromatic heterocycles. The lowest BCUT2D eigenvalue weighted by molar-refractivity contribution is -0.374. The van der Waals surface area contributed by atoms with E-state index >= 15 is 0 Å². The molecular formula is C96H152F24O9. The van der Waals surface area contributed by atoms with Crippen molar-refractivity contribution in [2.75, 3.05) is 33.2 Å². The highest BCUT2D eigenvalue weighted by Gasteiger charge is 2.76. The molecule has 16 aliphatic carbocycles.